The molecule has 0 spiro atoms. The molecule has 1 unspecified atom stereocenters. The highest BCUT2D eigenvalue weighted by molar-refractivity contribution is 5.58. The number of alkyl halides is 1. The van der Waals surface area contributed by atoms with E-state index in [1.54, 1.807) is 0 Å². The van der Waals surface area contributed by atoms with Crippen molar-refractivity contribution >= 4 is 5.69 Å². The van der Waals surface area contributed by atoms with Crippen LogP contribution in [0.3, 0.4) is 0 Å². The van der Waals surface area contributed by atoms with Crippen molar-refractivity contribution in [3.8, 4) is 0 Å². The third-order valence-corrected chi connectivity index (χ3v) is 7.12. The van der Waals surface area contributed by atoms with Crippen molar-refractivity contribution in [3.63, 3.8) is 0 Å². The van der Waals surface area contributed by atoms with Crippen molar-refractivity contribution in [2.45, 2.75) is 120 Å². The second-order valence-electron chi connectivity index (χ2n) is 10.6. The molecule has 0 amide bonds. The molecule has 0 aromatic heterocycles. The zero-order valence-corrected chi connectivity index (χ0v) is 28.6. The standard InChI is InChI=1S/C19H27N.C11H17F.C8H10.C2H6/c1-7-15(3)9-12-18(6)20(17(5)8-2)19-13-10-16(4)11-14-19;1-3-4-11(12)10-7-5-9(2)6-8-10;1-2-8-6-4-3-5-7-8;1-2/h9-14H,5,7-8H2,1-4,6H3;5,7,11H,3-4,6,8H2,1-2H3;3-7H,2H2,1H3;1-2H3/b15-9-,18-12+;;;. The molecule has 0 saturated heterocycles. The first-order valence-electron chi connectivity index (χ1n) is 16.1. The quantitative estimate of drug-likeness (QED) is 0.256. The lowest BCUT2D eigenvalue weighted by molar-refractivity contribution is 0.349. The molecule has 42 heavy (non-hydrogen) atoms. The van der Waals surface area contributed by atoms with E-state index in [0.29, 0.717) is 6.42 Å². The van der Waals surface area contributed by atoms with E-state index < -0.39 is 6.17 Å². The minimum atomic E-state index is -0.695. The van der Waals surface area contributed by atoms with Crippen molar-refractivity contribution in [2.24, 2.45) is 0 Å². The summed E-state index contributed by atoms with van der Waals surface area (Å²) in [4.78, 5) is 2.24. The Labute approximate surface area is 259 Å². The van der Waals surface area contributed by atoms with Gasteiger partial charge in [-0.3, -0.25) is 0 Å². The summed E-state index contributed by atoms with van der Waals surface area (Å²) in [6.07, 6.45) is 14.4. The molecule has 232 valence electrons. The minimum Gasteiger partial charge on any atom is -0.319 e. The Balaban J connectivity index is 0.000000643. The molecule has 1 atom stereocenters. The zero-order valence-electron chi connectivity index (χ0n) is 28.6. The van der Waals surface area contributed by atoms with E-state index in [1.807, 2.05) is 39.0 Å². The van der Waals surface area contributed by atoms with E-state index in [0.717, 1.165) is 49.8 Å². The number of halogens is 1. The highest BCUT2D eigenvalue weighted by Gasteiger charge is 2.13. The molecular formula is C40H60FN. The van der Waals surface area contributed by atoms with Crippen LogP contribution in [-0.4, -0.2) is 6.17 Å². The van der Waals surface area contributed by atoms with Gasteiger partial charge in [0.2, 0.25) is 0 Å². The molecule has 3 rings (SSSR count). The fourth-order valence-corrected chi connectivity index (χ4v) is 4.11. The van der Waals surface area contributed by atoms with Crippen LogP contribution in [0.2, 0.25) is 0 Å². The van der Waals surface area contributed by atoms with Crippen LogP contribution in [0.25, 0.3) is 0 Å². The van der Waals surface area contributed by atoms with E-state index in [-0.39, 0.29) is 0 Å². The van der Waals surface area contributed by atoms with Crippen LogP contribution in [-0.2, 0) is 6.42 Å². The molecule has 0 N–H and O–H groups in total. The maximum atomic E-state index is 13.3. The number of rotatable bonds is 10. The summed E-state index contributed by atoms with van der Waals surface area (Å²) in [6.45, 7) is 25.2. The van der Waals surface area contributed by atoms with Gasteiger partial charge in [-0.1, -0.05) is 132 Å². The number of nitrogens with zero attached hydrogens (tertiary/aromatic N) is 1. The third-order valence-electron chi connectivity index (χ3n) is 7.12. The Morgan fingerprint density at radius 2 is 1.48 bits per heavy atom. The monoisotopic (exact) mass is 573 g/mol. The maximum Gasteiger partial charge on any atom is 0.121 e. The van der Waals surface area contributed by atoms with Crippen molar-refractivity contribution in [1.29, 1.82) is 0 Å². The molecule has 0 saturated carbocycles. The van der Waals surface area contributed by atoms with Gasteiger partial charge in [0.05, 0.1) is 0 Å². The minimum absolute atomic E-state index is 0.679. The Kier molecular flexibility index (Phi) is 21.7. The molecule has 0 fully saturated rings. The van der Waals surface area contributed by atoms with Gasteiger partial charge in [-0.2, -0.15) is 0 Å². The van der Waals surface area contributed by atoms with Crippen LogP contribution < -0.4 is 4.90 Å². The predicted molar refractivity (Wildman–Crippen MR) is 189 cm³/mol. The number of allylic oxidation sites excluding steroid dienone is 9. The maximum absolute atomic E-state index is 13.3. The average molecular weight is 574 g/mol. The normalized spacial score (nSPS) is 13.5. The summed E-state index contributed by atoms with van der Waals surface area (Å²) in [7, 11) is 0. The molecule has 0 heterocycles. The number of hydrogen-bond donors (Lipinski definition) is 0. The Morgan fingerprint density at radius 1 is 0.857 bits per heavy atom. The number of anilines is 1. The SMILES string of the molecule is C=C(CC)N(/C(C)=C/C=C(/C)CC)c1ccc(C)cc1.CC.CCCC(F)C1=CC=C(C)CC1.CCc1ccccc1. The molecule has 2 aromatic rings. The molecule has 0 bridgehead atoms. The van der Waals surface area contributed by atoms with Crippen molar-refractivity contribution < 1.29 is 4.39 Å². The second-order valence-corrected chi connectivity index (χ2v) is 10.6. The number of benzene rings is 2. The summed E-state index contributed by atoms with van der Waals surface area (Å²) in [5, 5.41) is 0. The molecule has 2 heteroatoms. The smallest absolute Gasteiger partial charge is 0.121 e. The zero-order chi connectivity index (χ0) is 31.9. The highest BCUT2D eigenvalue weighted by atomic mass is 19.1. The molecule has 0 radical (unpaired) electrons. The van der Waals surface area contributed by atoms with E-state index in [1.165, 1.54) is 33.7 Å². The van der Waals surface area contributed by atoms with Crippen LogP contribution in [0.4, 0.5) is 10.1 Å². The highest BCUT2D eigenvalue weighted by Crippen LogP contribution is 2.26. The van der Waals surface area contributed by atoms with Crippen molar-refractivity contribution in [3.05, 3.63) is 125 Å². The number of hydrogen-bond acceptors (Lipinski definition) is 1. The van der Waals surface area contributed by atoms with E-state index in [4.69, 9.17) is 0 Å². The van der Waals surface area contributed by atoms with Gasteiger partial charge in [0, 0.05) is 17.1 Å². The van der Waals surface area contributed by atoms with Gasteiger partial charge in [-0.15, -0.1) is 0 Å². The summed E-state index contributed by atoms with van der Waals surface area (Å²) in [6, 6.07) is 19.1. The summed E-state index contributed by atoms with van der Waals surface area (Å²) >= 11 is 0. The molecule has 1 aliphatic rings. The van der Waals surface area contributed by atoms with Gasteiger partial charge in [0.15, 0.2) is 0 Å². The molecule has 1 nitrogen and oxygen atoms in total. The second kappa shape index (κ2) is 23.4. The summed E-state index contributed by atoms with van der Waals surface area (Å²) in [5.41, 5.74) is 9.92. The van der Waals surface area contributed by atoms with Gasteiger partial charge in [0.1, 0.15) is 6.17 Å². The molecule has 0 aliphatic heterocycles. The van der Waals surface area contributed by atoms with Gasteiger partial charge < -0.3 is 4.90 Å². The average Bonchev–Trinajstić information content (AvgIpc) is 3.03. The molecule has 2 aromatic carbocycles. The fraction of sp³-hybridized carbons (Fsp3) is 0.450. The number of aryl methyl sites for hydroxylation is 2. The lowest BCUT2D eigenvalue weighted by Crippen LogP contribution is -2.19. The molecular weight excluding hydrogens is 513 g/mol. The Bertz CT molecular complexity index is 1120. The Hall–Kier alpha value is -3.13. The van der Waals surface area contributed by atoms with Crippen LogP contribution in [0.5, 0.6) is 0 Å². The fourth-order valence-electron chi connectivity index (χ4n) is 4.11. The van der Waals surface area contributed by atoms with E-state index >= 15 is 0 Å². The lowest BCUT2D eigenvalue weighted by Gasteiger charge is -2.27. The van der Waals surface area contributed by atoms with Crippen molar-refractivity contribution in [1.82, 2.24) is 0 Å². The van der Waals surface area contributed by atoms with E-state index in [2.05, 4.69) is 121 Å². The van der Waals surface area contributed by atoms with Gasteiger partial charge >= 0.3 is 0 Å². The first-order valence-corrected chi connectivity index (χ1v) is 16.1. The van der Waals surface area contributed by atoms with Crippen LogP contribution >= 0.6 is 0 Å². The van der Waals surface area contributed by atoms with Crippen molar-refractivity contribution in [2.75, 3.05) is 4.90 Å². The lowest BCUT2D eigenvalue weighted by atomic mass is 9.94. The van der Waals surface area contributed by atoms with Gasteiger partial charge in [0.25, 0.3) is 0 Å². The molecule has 1 aliphatic carbocycles. The van der Waals surface area contributed by atoms with Crippen LogP contribution in [0.15, 0.2) is 114 Å². The van der Waals surface area contributed by atoms with Gasteiger partial charge in [-0.25, -0.2) is 4.39 Å². The summed E-state index contributed by atoms with van der Waals surface area (Å²) < 4.78 is 13.3. The first kappa shape index (κ1) is 38.9. The topological polar surface area (TPSA) is 3.24 Å². The third kappa shape index (κ3) is 15.8. The van der Waals surface area contributed by atoms with Crippen LogP contribution in [0, 0.1) is 6.92 Å². The Morgan fingerprint density at radius 3 is 1.93 bits per heavy atom. The van der Waals surface area contributed by atoms with E-state index in [9.17, 15) is 4.39 Å². The largest absolute Gasteiger partial charge is 0.319 e. The predicted octanol–water partition coefficient (Wildman–Crippen LogP) is 13.1. The first-order chi connectivity index (χ1) is 20.2. The van der Waals surface area contributed by atoms with Crippen LogP contribution in [0.1, 0.15) is 112 Å². The summed E-state index contributed by atoms with van der Waals surface area (Å²) in [5.74, 6) is 0. The van der Waals surface area contributed by atoms with Gasteiger partial charge in [-0.05, 0) is 95.6 Å².